The summed E-state index contributed by atoms with van der Waals surface area (Å²) in [6.45, 7) is 1.79. The lowest BCUT2D eigenvalue weighted by molar-refractivity contribution is -0.0759. The highest BCUT2D eigenvalue weighted by Crippen LogP contribution is 2.11. The largest absolute Gasteiger partial charge is 0.280 e. The third-order valence-electron chi connectivity index (χ3n) is 1.91. The number of halogens is 1. The van der Waals surface area contributed by atoms with E-state index in [-0.39, 0.29) is 5.56 Å². The summed E-state index contributed by atoms with van der Waals surface area (Å²) in [4.78, 5) is 16.2. The number of amides is 1. The molecule has 0 bridgehead atoms. The molecule has 0 saturated heterocycles. The number of nitrogens with zero attached hydrogens (tertiary/aromatic N) is 1. The molecule has 0 radical (unpaired) electrons. The van der Waals surface area contributed by atoms with Crippen molar-refractivity contribution < 1.29 is 14.0 Å². The standard InChI is InChI=1S/C10H12FNO2/c1-7-4-5-9(11)8(6-7)10(13)12(2)14-3/h4-6H,1-3H3. The van der Waals surface area contributed by atoms with E-state index in [1.807, 2.05) is 0 Å². The lowest BCUT2D eigenvalue weighted by atomic mass is 10.1. The fourth-order valence-electron chi connectivity index (χ4n) is 1.06. The monoisotopic (exact) mass is 197 g/mol. The Labute approximate surface area is 82.0 Å². The maximum absolute atomic E-state index is 13.2. The summed E-state index contributed by atoms with van der Waals surface area (Å²) in [5.74, 6) is -1.03. The Balaban J connectivity index is 3.06. The molecule has 76 valence electrons. The van der Waals surface area contributed by atoms with Gasteiger partial charge < -0.3 is 0 Å². The highest BCUT2D eigenvalue weighted by Gasteiger charge is 2.15. The second kappa shape index (κ2) is 4.19. The Morgan fingerprint density at radius 1 is 1.50 bits per heavy atom. The first kappa shape index (κ1) is 10.7. The van der Waals surface area contributed by atoms with Crippen molar-refractivity contribution in [1.29, 1.82) is 0 Å². The Kier molecular flexibility index (Phi) is 3.19. The lowest BCUT2D eigenvalue weighted by Gasteiger charge is -2.14. The van der Waals surface area contributed by atoms with Gasteiger partial charge in [-0.2, -0.15) is 0 Å². The molecule has 3 nitrogen and oxygen atoms in total. The number of aryl methyl sites for hydroxylation is 1. The van der Waals surface area contributed by atoms with Crippen LogP contribution >= 0.6 is 0 Å². The number of hydrogen-bond donors (Lipinski definition) is 0. The molecular weight excluding hydrogens is 185 g/mol. The summed E-state index contributed by atoms with van der Waals surface area (Å²) >= 11 is 0. The topological polar surface area (TPSA) is 29.5 Å². The zero-order valence-corrected chi connectivity index (χ0v) is 8.37. The summed E-state index contributed by atoms with van der Waals surface area (Å²) in [6.07, 6.45) is 0. The predicted molar refractivity (Wildman–Crippen MR) is 50.2 cm³/mol. The molecule has 0 aliphatic heterocycles. The first-order valence-corrected chi connectivity index (χ1v) is 4.14. The van der Waals surface area contributed by atoms with E-state index in [2.05, 4.69) is 4.84 Å². The number of carbonyl (C=O) groups is 1. The second-order valence-electron chi connectivity index (χ2n) is 2.97. The molecule has 0 aliphatic rings. The van der Waals surface area contributed by atoms with Crippen LogP contribution in [0.1, 0.15) is 15.9 Å². The van der Waals surface area contributed by atoms with Crippen LogP contribution in [-0.4, -0.2) is 25.1 Å². The van der Waals surface area contributed by atoms with Crippen molar-refractivity contribution in [2.75, 3.05) is 14.2 Å². The van der Waals surface area contributed by atoms with Gasteiger partial charge in [-0.1, -0.05) is 11.6 Å². The van der Waals surface area contributed by atoms with E-state index in [4.69, 9.17) is 0 Å². The van der Waals surface area contributed by atoms with Gasteiger partial charge in [0.15, 0.2) is 0 Å². The van der Waals surface area contributed by atoms with Crippen LogP contribution in [0.15, 0.2) is 18.2 Å². The summed E-state index contributed by atoms with van der Waals surface area (Å²) in [7, 11) is 2.79. The van der Waals surface area contributed by atoms with E-state index in [1.54, 1.807) is 13.0 Å². The number of rotatable bonds is 2. The molecule has 0 N–H and O–H groups in total. The fourth-order valence-corrected chi connectivity index (χ4v) is 1.06. The Morgan fingerprint density at radius 3 is 2.71 bits per heavy atom. The van der Waals surface area contributed by atoms with E-state index in [0.717, 1.165) is 10.6 Å². The normalized spacial score (nSPS) is 10.0. The number of benzene rings is 1. The van der Waals surface area contributed by atoms with Gasteiger partial charge in [0.05, 0.1) is 12.7 Å². The molecule has 1 aromatic rings. The van der Waals surface area contributed by atoms with Gasteiger partial charge in [-0.25, -0.2) is 9.45 Å². The van der Waals surface area contributed by atoms with Crippen LogP contribution in [0.5, 0.6) is 0 Å². The van der Waals surface area contributed by atoms with Gasteiger partial charge in [-0.05, 0) is 19.1 Å². The van der Waals surface area contributed by atoms with Crippen LogP contribution in [0.4, 0.5) is 4.39 Å². The SMILES string of the molecule is CON(C)C(=O)c1cc(C)ccc1F. The minimum Gasteiger partial charge on any atom is -0.274 e. The lowest BCUT2D eigenvalue weighted by Crippen LogP contribution is -2.26. The Morgan fingerprint density at radius 2 is 2.14 bits per heavy atom. The van der Waals surface area contributed by atoms with Crippen LogP contribution in [0.25, 0.3) is 0 Å². The van der Waals surface area contributed by atoms with Crippen molar-refractivity contribution in [3.63, 3.8) is 0 Å². The van der Waals surface area contributed by atoms with Crippen LogP contribution in [0.3, 0.4) is 0 Å². The van der Waals surface area contributed by atoms with E-state index in [1.165, 1.54) is 26.3 Å². The molecule has 0 unspecified atom stereocenters. The van der Waals surface area contributed by atoms with Crippen molar-refractivity contribution in [1.82, 2.24) is 5.06 Å². The molecule has 0 spiro atoms. The quantitative estimate of drug-likeness (QED) is 0.676. The summed E-state index contributed by atoms with van der Waals surface area (Å²) in [5.41, 5.74) is 0.855. The minimum absolute atomic E-state index is 0.0225. The number of hydroxylamine groups is 2. The van der Waals surface area contributed by atoms with Crippen LogP contribution in [0, 0.1) is 12.7 Å². The van der Waals surface area contributed by atoms with E-state index < -0.39 is 11.7 Å². The average Bonchev–Trinajstić information content (AvgIpc) is 2.19. The Hall–Kier alpha value is -1.42. The molecular formula is C10H12FNO2. The molecule has 0 saturated carbocycles. The average molecular weight is 197 g/mol. The molecule has 0 aromatic heterocycles. The maximum Gasteiger partial charge on any atom is 0.280 e. The smallest absolute Gasteiger partial charge is 0.274 e. The first-order valence-electron chi connectivity index (χ1n) is 4.14. The molecule has 1 rings (SSSR count). The van der Waals surface area contributed by atoms with Crippen LogP contribution < -0.4 is 0 Å². The van der Waals surface area contributed by atoms with Crippen LogP contribution in [0.2, 0.25) is 0 Å². The van der Waals surface area contributed by atoms with Gasteiger partial charge in [0, 0.05) is 7.05 Å². The fraction of sp³-hybridized carbons (Fsp3) is 0.300. The van der Waals surface area contributed by atoms with Crippen molar-refractivity contribution in [3.05, 3.63) is 35.1 Å². The van der Waals surface area contributed by atoms with Gasteiger partial charge in [0.25, 0.3) is 5.91 Å². The third-order valence-corrected chi connectivity index (χ3v) is 1.91. The van der Waals surface area contributed by atoms with Gasteiger partial charge in [0.2, 0.25) is 0 Å². The highest BCUT2D eigenvalue weighted by atomic mass is 19.1. The molecule has 0 heterocycles. The zero-order valence-electron chi connectivity index (χ0n) is 8.37. The molecule has 1 aromatic carbocycles. The molecule has 0 atom stereocenters. The van der Waals surface area contributed by atoms with Crippen molar-refractivity contribution in [2.45, 2.75) is 6.92 Å². The zero-order chi connectivity index (χ0) is 10.7. The maximum atomic E-state index is 13.2. The van der Waals surface area contributed by atoms with Gasteiger partial charge in [-0.15, -0.1) is 0 Å². The summed E-state index contributed by atoms with van der Waals surface area (Å²) < 4.78 is 13.2. The molecule has 0 fully saturated rings. The van der Waals surface area contributed by atoms with Gasteiger partial charge >= 0.3 is 0 Å². The van der Waals surface area contributed by atoms with E-state index in [9.17, 15) is 9.18 Å². The van der Waals surface area contributed by atoms with Gasteiger partial charge in [-0.3, -0.25) is 9.63 Å². The number of hydrogen-bond acceptors (Lipinski definition) is 2. The highest BCUT2D eigenvalue weighted by molar-refractivity contribution is 5.93. The van der Waals surface area contributed by atoms with Crippen molar-refractivity contribution in [3.8, 4) is 0 Å². The summed E-state index contributed by atoms with van der Waals surface area (Å²) in [6, 6.07) is 4.37. The van der Waals surface area contributed by atoms with E-state index in [0.29, 0.717) is 0 Å². The first-order chi connectivity index (χ1) is 6.56. The number of carbonyl (C=O) groups excluding carboxylic acids is 1. The predicted octanol–water partition coefficient (Wildman–Crippen LogP) is 1.77. The van der Waals surface area contributed by atoms with E-state index >= 15 is 0 Å². The van der Waals surface area contributed by atoms with Crippen LogP contribution in [-0.2, 0) is 4.84 Å². The summed E-state index contributed by atoms with van der Waals surface area (Å²) in [5, 5.41) is 0.984. The molecule has 1 amide bonds. The van der Waals surface area contributed by atoms with Gasteiger partial charge in [0.1, 0.15) is 5.82 Å². The van der Waals surface area contributed by atoms with Crippen molar-refractivity contribution >= 4 is 5.91 Å². The molecule has 14 heavy (non-hydrogen) atoms. The van der Waals surface area contributed by atoms with Crippen molar-refractivity contribution in [2.24, 2.45) is 0 Å². The Bertz CT molecular complexity index is 352. The molecule has 4 heteroatoms. The molecule has 0 aliphatic carbocycles. The minimum atomic E-state index is -0.537. The third kappa shape index (κ3) is 2.09. The second-order valence-corrected chi connectivity index (χ2v) is 2.97.